The van der Waals surface area contributed by atoms with Crippen molar-refractivity contribution in [3.8, 4) is 0 Å². The second-order valence-corrected chi connectivity index (χ2v) is 5.67. The van der Waals surface area contributed by atoms with Gasteiger partial charge in [-0.25, -0.2) is 0 Å². The third kappa shape index (κ3) is 2.25. The molecule has 0 aromatic heterocycles. The molecule has 0 radical (unpaired) electrons. The smallest absolute Gasteiger partial charge is 0.302 e. The van der Waals surface area contributed by atoms with Crippen molar-refractivity contribution in [1.82, 2.24) is 0 Å². The Morgan fingerprint density at radius 2 is 2.29 bits per heavy atom. The molecule has 0 aromatic carbocycles. The fourth-order valence-corrected chi connectivity index (χ4v) is 3.10. The Kier molecular flexibility index (Phi) is 3.30. The monoisotopic (exact) mass is 238 g/mol. The van der Waals surface area contributed by atoms with Gasteiger partial charge in [0.15, 0.2) is 0 Å². The van der Waals surface area contributed by atoms with Crippen molar-refractivity contribution in [2.24, 2.45) is 17.3 Å². The first-order valence-electron chi connectivity index (χ1n) is 6.38. The van der Waals surface area contributed by atoms with E-state index in [2.05, 4.69) is 26.8 Å². The van der Waals surface area contributed by atoms with Crippen molar-refractivity contribution in [2.45, 2.75) is 40.2 Å². The minimum atomic E-state index is -0.201. The summed E-state index contributed by atoms with van der Waals surface area (Å²) in [5.74, 6) is 0.689. The summed E-state index contributed by atoms with van der Waals surface area (Å²) in [6.45, 7) is 9.16. The van der Waals surface area contributed by atoms with Gasteiger partial charge in [0.25, 0.3) is 0 Å². The topological polar surface area (TPSA) is 35.5 Å². The van der Waals surface area contributed by atoms with E-state index in [9.17, 15) is 4.79 Å². The van der Waals surface area contributed by atoms with Crippen LogP contribution in [0, 0.1) is 17.3 Å². The van der Waals surface area contributed by atoms with Crippen molar-refractivity contribution >= 4 is 5.97 Å². The lowest BCUT2D eigenvalue weighted by Gasteiger charge is -2.49. The number of carbonyl (C=O) groups is 1. The van der Waals surface area contributed by atoms with Crippen molar-refractivity contribution in [3.63, 3.8) is 0 Å². The number of allylic oxidation sites excluding steroid dienone is 1. The molecule has 96 valence electrons. The number of esters is 1. The van der Waals surface area contributed by atoms with E-state index in [1.54, 1.807) is 0 Å². The maximum atomic E-state index is 11.0. The van der Waals surface area contributed by atoms with Crippen LogP contribution in [0.4, 0.5) is 0 Å². The molecule has 1 aliphatic carbocycles. The summed E-state index contributed by atoms with van der Waals surface area (Å²) in [4.78, 5) is 11.0. The zero-order valence-electron chi connectivity index (χ0n) is 11.2. The molecule has 0 unspecified atom stereocenters. The van der Waals surface area contributed by atoms with Crippen LogP contribution in [0.2, 0.25) is 0 Å². The second kappa shape index (κ2) is 4.45. The van der Waals surface area contributed by atoms with Crippen molar-refractivity contribution in [2.75, 3.05) is 13.2 Å². The lowest BCUT2D eigenvalue weighted by Crippen LogP contribution is -2.50. The van der Waals surface area contributed by atoms with Crippen molar-refractivity contribution in [3.05, 3.63) is 11.6 Å². The summed E-state index contributed by atoms with van der Waals surface area (Å²) < 4.78 is 11.1. The lowest BCUT2D eigenvalue weighted by molar-refractivity contribution is -0.159. The second-order valence-electron chi connectivity index (χ2n) is 5.67. The summed E-state index contributed by atoms with van der Waals surface area (Å²) >= 11 is 0. The van der Waals surface area contributed by atoms with Gasteiger partial charge in [0.05, 0.1) is 19.3 Å². The van der Waals surface area contributed by atoms with Gasteiger partial charge >= 0.3 is 5.97 Å². The molecule has 2 bridgehead atoms. The van der Waals surface area contributed by atoms with Gasteiger partial charge in [-0.1, -0.05) is 18.6 Å². The summed E-state index contributed by atoms with van der Waals surface area (Å²) in [5.41, 5.74) is 1.41. The van der Waals surface area contributed by atoms with Gasteiger partial charge in [-0.2, -0.15) is 0 Å². The van der Waals surface area contributed by atoms with Crippen molar-refractivity contribution in [1.29, 1.82) is 0 Å². The van der Waals surface area contributed by atoms with E-state index in [1.165, 1.54) is 12.5 Å². The highest BCUT2D eigenvalue weighted by Crippen LogP contribution is 2.48. The van der Waals surface area contributed by atoms with Gasteiger partial charge in [-0.05, 0) is 26.2 Å². The van der Waals surface area contributed by atoms with E-state index in [4.69, 9.17) is 9.47 Å². The Bertz CT molecular complexity index is 347. The molecule has 1 aliphatic heterocycles. The molecule has 0 amide bonds. The molecule has 1 heterocycles. The van der Waals surface area contributed by atoms with E-state index >= 15 is 0 Å². The third-order valence-electron chi connectivity index (χ3n) is 4.45. The summed E-state index contributed by atoms with van der Waals surface area (Å²) in [6, 6.07) is 0. The fourth-order valence-electron chi connectivity index (χ4n) is 3.10. The van der Waals surface area contributed by atoms with Crippen LogP contribution in [0.3, 0.4) is 0 Å². The SMILES string of the molecule is CC(=O)OC[C@@]12CO[C@@H](C)[C@@H](C1)C(C)=C[C@@H]2C. The van der Waals surface area contributed by atoms with Crippen LogP contribution in [0.25, 0.3) is 0 Å². The molecule has 2 aliphatic rings. The number of hydrogen-bond donors (Lipinski definition) is 0. The average Bonchev–Trinajstić information content (AvgIpc) is 2.27. The summed E-state index contributed by atoms with van der Waals surface area (Å²) in [5, 5.41) is 0. The van der Waals surface area contributed by atoms with E-state index < -0.39 is 0 Å². The van der Waals surface area contributed by atoms with Crippen LogP contribution in [0.5, 0.6) is 0 Å². The molecule has 0 spiro atoms. The molecule has 1 fully saturated rings. The first-order valence-corrected chi connectivity index (χ1v) is 6.38. The van der Waals surface area contributed by atoms with Gasteiger partial charge in [0, 0.05) is 18.3 Å². The number of hydrogen-bond acceptors (Lipinski definition) is 3. The lowest BCUT2D eigenvalue weighted by atomic mass is 9.63. The van der Waals surface area contributed by atoms with Crippen LogP contribution in [0.1, 0.15) is 34.1 Å². The number of fused-ring (bicyclic) bond motifs is 2. The Hall–Kier alpha value is -0.830. The number of ether oxygens (including phenoxy) is 2. The zero-order valence-corrected chi connectivity index (χ0v) is 11.2. The normalized spacial score (nSPS) is 40.7. The average molecular weight is 238 g/mol. The van der Waals surface area contributed by atoms with Gasteiger partial charge in [0.2, 0.25) is 0 Å². The molecule has 4 atom stereocenters. The molecule has 0 aromatic rings. The molecule has 2 rings (SSSR count). The summed E-state index contributed by atoms with van der Waals surface area (Å²) in [7, 11) is 0. The highest BCUT2D eigenvalue weighted by molar-refractivity contribution is 5.65. The zero-order chi connectivity index (χ0) is 12.6. The van der Waals surface area contributed by atoms with Crippen LogP contribution in [0.15, 0.2) is 11.6 Å². The van der Waals surface area contributed by atoms with Gasteiger partial charge in [-0.3, -0.25) is 4.79 Å². The number of carbonyl (C=O) groups excluding carboxylic acids is 1. The van der Waals surface area contributed by atoms with Crippen LogP contribution in [-0.2, 0) is 14.3 Å². The molecular weight excluding hydrogens is 216 g/mol. The Labute approximate surface area is 103 Å². The molecule has 3 nitrogen and oxygen atoms in total. The highest BCUT2D eigenvalue weighted by atomic mass is 16.5. The van der Waals surface area contributed by atoms with Crippen LogP contribution < -0.4 is 0 Å². The van der Waals surface area contributed by atoms with E-state index in [-0.39, 0.29) is 17.5 Å². The van der Waals surface area contributed by atoms with Crippen LogP contribution >= 0.6 is 0 Å². The first kappa shape index (κ1) is 12.6. The first-order chi connectivity index (χ1) is 7.94. The van der Waals surface area contributed by atoms with Gasteiger partial charge in [-0.15, -0.1) is 0 Å². The Balaban J connectivity index is 2.19. The predicted octanol–water partition coefficient (Wildman–Crippen LogP) is 2.56. The summed E-state index contributed by atoms with van der Waals surface area (Å²) in [6.07, 6.45) is 3.69. The molecule has 17 heavy (non-hydrogen) atoms. The minimum absolute atomic E-state index is 0.0116. The molecule has 0 N–H and O–H groups in total. The van der Waals surface area contributed by atoms with E-state index in [0.29, 0.717) is 25.0 Å². The maximum absolute atomic E-state index is 11.0. The largest absolute Gasteiger partial charge is 0.465 e. The standard InChI is InChI=1S/C14H22O3/c1-9-5-10(2)14(8-17-12(4)15)6-13(9)11(3)16-7-14/h5,10-11,13H,6-8H2,1-4H3/t10-,11-,13-,14-/m0/s1. The number of rotatable bonds is 2. The van der Waals surface area contributed by atoms with Crippen LogP contribution in [-0.4, -0.2) is 25.3 Å². The molecule has 3 heteroatoms. The maximum Gasteiger partial charge on any atom is 0.302 e. The quantitative estimate of drug-likeness (QED) is 0.548. The van der Waals surface area contributed by atoms with E-state index in [1.807, 2.05) is 0 Å². The predicted molar refractivity (Wildman–Crippen MR) is 65.5 cm³/mol. The highest BCUT2D eigenvalue weighted by Gasteiger charge is 2.47. The Morgan fingerprint density at radius 1 is 1.59 bits per heavy atom. The Morgan fingerprint density at radius 3 is 2.94 bits per heavy atom. The fraction of sp³-hybridized carbons (Fsp3) is 0.786. The van der Waals surface area contributed by atoms with Gasteiger partial charge < -0.3 is 9.47 Å². The minimum Gasteiger partial charge on any atom is -0.465 e. The molecule has 0 saturated carbocycles. The molecular formula is C14H22O3. The third-order valence-corrected chi connectivity index (χ3v) is 4.45. The van der Waals surface area contributed by atoms with Gasteiger partial charge in [0.1, 0.15) is 0 Å². The van der Waals surface area contributed by atoms with Crippen molar-refractivity contribution < 1.29 is 14.3 Å². The van der Waals surface area contributed by atoms with E-state index in [0.717, 1.165) is 6.42 Å². The molecule has 1 saturated heterocycles.